The predicted molar refractivity (Wildman–Crippen MR) is 98.5 cm³/mol. The lowest BCUT2D eigenvalue weighted by atomic mass is 10.1. The quantitative estimate of drug-likeness (QED) is 0.642. The van der Waals surface area contributed by atoms with Gasteiger partial charge in [0.1, 0.15) is 0 Å². The number of benzene rings is 2. The molecule has 0 aliphatic carbocycles. The van der Waals surface area contributed by atoms with Crippen LogP contribution in [-0.4, -0.2) is 16.8 Å². The summed E-state index contributed by atoms with van der Waals surface area (Å²) in [5, 5.41) is 1.01. The number of aromatic amines is 1. The third-order valence-corrected chi connectivity index (χ3v) is 4.50. The largest absolute Gasteiger partial charge is 0.358 e. The Morgan fingerprint density at radius 3 is 2.32 bits per heavy atom. The van der Waals surface area contributed by atoms with Crippen molar-refractivity contribution in [2.45, 2.75) is 27.2 Å². The van der Waals surface area contributed by atoms with E-state index in [2.05, 4.69) is 22.8 Å². The molecule has 0 aliphatic heterocycles. The van der Waals surface area contributed by atoms with E-state index in [0.29, 0.717) is 11.1 Å². The number of hydrogen-bond acceptors (Lipinski definition) is 2. The van der Waals surface area contributed by atoms with Gasteiger partial charge in [0.05, 0.1) is 11.1 Å². The molecule has 0 radical (unpaired) electrons. The second kappa shape index (κ2) is 6.81. The summed E-state index contributed by atoms with van der Waals surface area (Å²) in [6, 6.07) is 12.8. The standard InChI is InChI=1S/C20H21N3O2/c1-4-14-8-10-15(11-9-14)19(24)22-23-20(25)17-7-5-6-16-12(2)13(3)21-18(16)17/h5-11,21H,4H2,1-3H3,(H,22,24)(H,23,25). The second-order valence-electron chi connectivity index (χ2n) is 6.06. The summed E-state index contributed by atoms with van der Waals surface area (Å²) < 4.78 is 0. The van der Waals surface area contributed by atoms with Crippen LogP contribution in [0.15, 0.2) is 42.5 Å². The number of fused-ring (bicyclic) bond motifs is 1. The molecule has 25 heavy (non-hydrogen) atoms. The van der Waals surface area contributed by atoms with Crippen LogP contribution in [0.2, 0.25) is 0 Å². The van der Waals surface area contributed by atoms with Gasteiger partial charge in [-0.25, -0.2) is 0 Å². The minimum absolute atomic E-state index is 0.345. The molecule has 2 amide bonds. The number of para-hydroxylation sites is 1. The van der Waals surface area contributed by atoms with Gasteiger partial charge in [-0.05, 0) is 49.6 Å². The number of rotatable bonds is 3. The maximum atomic E-state index is 12.5. The summed E-state index contributed by atoms with van der Waals surface area (Å²) in [4.78, 5) is 27.9. The van der Waals surface area contributed by atoms with E-state index in [1.807, 2.05) is 38.1 Å². The predicted octanol–water partition coefficient (Wildman–Crippen LogP) is 3.42. The van der Waals surface area contributed by atoms with Crippen molar-refractivity contribution in [3.05, 3.63) is 70.4 Å². The second-order valence-corrected chi connectivity index (χ2v) is 6.06. The molecule has 0 saturated heterocycles. The smallest absolute Gasteiger partial charge is 0.271 e. The van der Waals surface area contributed by atoms with Gasteiger partial charge in [-0.3, -0.25) is 20.4 Å². The first-order chi connectivity index (χ1) is 12.0. The topological polar surface area (TPSA) is 74.0 Å². The summed E-state index contributed by atoms with van der Waals surface area (Å²) in [6.45, 7) is 6.04. The first-order valence-corrected chi connectivity index (χ1v) is 8.28. The van der Waals surface area contributed by atoms with Crippen molar-refractivity contribution in [1.29, 1.82) is 0 Å². The molecule has 128 valence electrons. The number of aryl methyl sites for hydroxylation is 3. The fourth-order valence-corrected chi connectivity index (χ4v) is 2.82. The first kappa shape index (κ1) is 16.8. The molecule has 5 nitrogen and oxygen atoms in total. The Morgan fingerprint density at radius 1 is 0.960 bits per heavy atom. The van der Waals surface area contributed by atoms with Crippen LogP contribution in [0.4, 0.5) is 0 Å². The fraction of sp³-hybridized carbons (Fsp3) is 0.200. The first-order valence-electron chi connectivity index (χ1n) is 8.28. The molecule has 3 N–H and O–H groups in total. The zero-order valence-corrected chi connectivity index (χ0v) is 14.6. The zero-order chi connectivity index (χ0) is 18.0. The van der Waals surface area contributed by atoms with Crippen molar-refractivity contribution in [1.82, 2.24) is 15.8 Å². The summed E-state index contributed by atoms with van der Waals surface area (Å²) in [5.74, 6) is -0.701. The molecular formula is C20H21N3O2. The molecule has 3 aromatic rings. The van der Waals surface area contributed by atoms with Crippen LogP contribution in [0.3, 0.4) is 0 Å². The summed E-state index contributed by atoms with van der Waals surface area (Å²) >= 11 is 0. The highest BCUT2D eigenvalue weighted by atomic mass is 16.2. The van der Waals surface area contributed by atoms with Gasteiger partial charge in [-0.15, -0.1) is 0 Å². The molecule has 1 aromatic heterocycles. The number of nitrogens with one attached hydrogen (secondary N) is 3. The number of carbonyl (C=O) groups excluding carboxylic acids is 2. The lowest BCUT2D eigenvalue weighted by Gasteiger charge is -2.08. The van der Waals surface area contributed by atoms with Crippen LogP contribution in [0.25, 0.3) is 10.9 Å². The van der Waals surface area contributed by atoms with Gasteiger partial charge in [0, 0.05) is 16.6 Å². The molecule has 2 aromatic carbocycles. The highest BCUT2D eigenvalue weighted by Crippen LogP contribution is 2.24. The van der Waals surface area contributed by atoms with Crippen LogP contribution in [0, 0.1) is 13.8 Å². The van der Waals surface area contributed by atoms with Crippen LogP contribution in [0.1, 0.15) is 44.5 Å². The van der Waals surface area contributed by atoms with E-state index < -0.39 is 0 Å². The number of hydrogen-bond donors (Lipinski definition) is 3. The van der Waals surface area contributed by atoms with Gasteiger partial charge in [0.15, 0.2) is 0 Å². The van der Waals surface area contributed by atoms with Crippen LogP contribution in [-0.2, 0) is 6.42 Å². The third kappa shape index (κ3) is 3.26. The molecule has 3 rings (SSSR count). The lowest BCUT2D eigenvalue weighted by molar-refractivity contribution is 0.0847. The Bertz CT molecular complexity index is 939. The number of hydrazine groups is 1. The van der Waals surface area contributed by atoms with E-state index in [9.17, 15) is 9.59 Å². The summed E-state index contributed by atoms with van der Waals surface area (Å²) in [7, 11) is 0. The number of carbonyl (C=O) groups is 2. The van der Waals surface area contributed by atoms with Crippen molar-refractivity contribution >= 4 is 22.7 Å². The van der Waals surface area contributed by atoms with E-state index in [0.717, 1.165) is 34.1 Å². The van der Waals surface area contributed by atoms with E-state index in [1.165, 1.54) is 0 Å². The van der Waals surface area contributed by atoms with Crippen LogP contribution >= 0.6 is 0 Å². The highest BCUT2D eigenvalue weighted by Gasteiger charge is 2.14. The average Bonchev–Trinajstić information content (AvgIpc) is 2.94. The van der Waals surface area contributed by atoms with Gasteiger partial charge in [0.2, 0.25) is 0 Å². The Kier molecular flexibility index (Phi) is 4.57. The van der Waals surface area contributed by atoms with Crippen molar-refractivity contribution in [2.75, 3.05) is 0 Å². The van der Waals surface area contributed by atoms with E-state index in [4.69, 9.17) is 0 Å². The summed E-state index contributed by atoms with van der Waals surface area (Å²) in [5.41, 5.74) is 10.0. The van der Waals surface area contributed by atoms with Crippen LogP contribution < -0.4 is 10.9 Å². The minimum Gasteiger partial charge on any atom is -0.358 e. The lowest BCUT2D eigenvalue weighted by Crippen LogP contribution is -2.41. The molecule has 1 heterocycles. The van der Waals surface area contributed by atoms with E-state index in [-0.39, 0.29) is 11.8 Å². The van der Waals surface area contributed by atoms with E-state index in [1.54, 1.807) is 18.2 Å². The van der Waals surface area contributed by atoms with E-state index >= 15 is 0 Å². The Hall–Kier alpha value is -3.08. The maximum Gasteiger partial charge on any atom is 0.271 e. The maximum absolute atomic E-state index is 12.5. The average molecular weight is 335 g/mol. The normalized spacial score (nSPS) is 10.7. The number of amides is 2. The number of aromatic nitrogens is 1. The minimum atomic E-state index is -0.356. The highest BCUT2D eigenvalue weighted by molar-refractivity contribution is 6.07. The van der Waals surface area contributed by atoms with Gasteiger partial charge in [-0.1, -0.05) is 31.2 Å². The molecule has 0 atom stereocenters. The third-order valence-electron chi connectivity index (χ3n) is 4.50. The molecule has 5 heteroatoms. The SMILES string of the molecule is CCc1ccc(C(=O)NNC(=O)c2cccc3c(C)c(C)[nH]c23)cc1. The molecule has 0 unspecified atom stereocenters. The molecular weight excluding hydrogens is 314 g/mol. The van der Waals surface area contributed by atoms with Crippen molar-refractivity contribution in [2.24, 2.45) is 0 Å². The fourth-order valence-electron chi connectivity index (χ4n) is 2.82. The molecule has 0 spiro atoms. The van der Waals surface area contributed by atoms with Gasteiger partial charge in [-0.2, -0.15) is 0 Å². The monoisotopic (exact) mass is 335 g/mol. The van der Waals surface area contributed by atoms with Crippen LogP contribution in [0.5, 0.6) is 0 Å². The van der Waals surface area contributed by atoms with Crippen molar-refractivity contribution in [3.63, 3.8) is 0 Å². The molecule has 0 aliphatic rings. The van der Waals surface area contributed by atoms with Gasteiger partial charge >= 0.3 is 0 Å². The Morgan fingerprint density at radius 2 is 1.64 bits per heavy atom. The van der Waals surface area contributed by atoms with Gasteiger partial charge < -0.3 is 4.98 Å². The number of H-pyrrole nitrogens is 1. The van der Waals surface area contributed by atoms with Crippen molar-refractivity contribution in [3.8, 4) is 0 Å². The zero-order valence-electron chi connectivity index (χ0n) is 14.6. The van der Waals surface area contributed by atoms with Gasteiger partial charge in [0.25, 0.3) is 11.8 Å². The van der Waals surface area contributed by atoms with Crippen molar-refractivity contribution < 1.29 is 9.59 Å². The molecule has 0 fully saturated rings. The Balaban J connectivity index is 1.74. The Labute approximate surface area is 146 Å². The molecule has 0 bridgehead atoms. The molecule has 0 saturated carbocycles. The summed E-state index contributed by atoms with van der Waals surface area (Å²) in [6.07, 6.45) is 0.914.